The monoisotopic (exact) mass is 219 g/mol. The van der Waals surface area contributed by atoms with Crippen LogP contribution in [-0.4, -0.2) is 16.6 Å². The minimum absolute atomic E-state index is 0.0723. The van der Waals surface area contributed by atoms with Gasteiger partial charge in [-0.2, -0.15) is 0 Å². The van der Waals surface area contributed by atoms with Crippen LogP contribution >= 0.6 is 0 Å². The van der Waals surface area contributed by atoms with Crippen LogP contribution in [0.4, 0.5) is 4.39 Å². The molecule has 3 nitrogen and oxygen atoms in total. The highest BCUT2D eigenvalue weighted by molar-refractivity contribution is 5.27. The number of aryl methyl sites for hydroxylation is 1. The molecule has 0 fully saturated rings. The highest BCUT2D eigenvalue weighted by Gasteiger charge is 2.14. The minimum Gasteiger partial charge on any atom is -0.340 e. The van der Waals surface area contributed by atoms with E-state index >= 15 is 0 Å². The molecule has 0 saturated heterocycles. The third-order valence-corrected chi connectivity index (χ3v) is 2.49. The summed E-state index contributed by atoms with van der Waals surface area (Å²) in [6.07, 6.45) is 3.66. The van der Waals surface area contributed by atoms with Crippen molar-refractivity contribution in [3.8, 4) is 0 Å². The Labute approximate surface area is 93.9 Å². The number of benzene rings is 1. The summed E-state index contributed by atoms with van der Waals surface area (Å²) in [6.45, 7) is 0. The van der Waals surface area contributed by atoms with E-state index in [1.807, 2.05) is 30.9 Å². The van der Waals surface area contributed by atoms with Gasteiger partial charge >= 0.3 is 0 Å². The summed E-state index contributed by atoms with van der Waals surface area (Å²) in [5, 5.41) is 3.13. The molecule has 16 heavy (non-hydrogen) atoms. The Morgan fingerprint density at radius 2 is 2.25 bits per heavy atom. The molecule has 1 aromatic carbocycles. The quantitative estimate of drug-likeness (QED) is 0.854. The Hall–Kier alpha value is -1.68. The fourth-order valence-corrected chi connectivity index (χ4v) is 1.75. The molecule has 0 aliphatic carbocycles. The zero-order chi connectivity index (χ0) is 11.5. The Morgan fingerprint density at radius 3 is 2.81 bits per heavy atom. The van der Waals surface area contributed by atoms with Gasteiger partial charge in [-0.15, -0.1) is 0 Å². The Balaban J connectivity index is 2.36. The highest BCUT2D eigenvalue weighted by atomic mass is 19.1. The molecule has 1 N–H and O–H groups in total. The topological polar surface area (TPSA) is 29.9 Å². The van der Waals surface area contributed by atoms with Gasteiger partial charge in [-0.25, -0.2) is 9.37 Å². The van der Waals surface area contributed by atoms with Crippen LogP contribution in [0.1, 0.15) is 17.3 Å². The van der Waals surface area contributed by atoms with Crippen LogP contribution in [0.3, 0.4) is 0 Å². The Morgan fingerprint density at radius 1 is 1.44 bits per heavy atom. The van der Waals surface area contributed by atoms with Gasteiger partial charge in [0.15, 0.2) is 0 Å². The molecule has 2 rings (SSSR count). The summed E-state index contributed by atoms with van der Waals surface area (Å²) in [5.41, 5.74) is 1.76. The second-order valence-electron chi connectivity index (χ2n) is 3.74. The average Bonchev–Trinajstić information content (AvgIpc) is 2.66. The van der Waals surface area contributed by atoms with Gasteiger partial charge in [-0.3, -0.25) is 0 Å². The fraction of sp³-hybridized carbons (Fsp3) is 0.250. The van der Waals surface area contributed by atoms with Crippen molar-refractivity contribution >= 4 is 0 Å². The lowest BCUT2D eigenvalue weighted by Gasteiger charge is -2.14. The van der Waals surface area contributed by atoms with Crippen molar-refractivity contribution in [3.63, 3.8) is 0 Å². The number of hydrogen-bond acceptors (Lipinski definition) is 2. The lowest BCUT2D eigenvalue weighted by molar-refractivity contribution is 0.614. The molecule has 84 valence electrons. The third-order valence-electron chi connectivity index (χ3n) is 2.49. The van der Waals surface area contributed by atoms with Gasteiger partial charge in [-0.05, 0) is 24.7 Å². The predicted molar refractivity (Wildman–Crippen MR) is 60.5 cm³/mol. The van der Waals surface area contributed by atoms with E-state index in [2.05, 4.69) is 10.3 Å². The number of nitrogens with zero attached hydrogens (tertiary/aromatic N) is 2. The van der Waals surface area contributed by atoms with E-state index in [4.69, 9.17) is 0 Å². The van der Waals surface area contributed by atoms with Crippen LogP contribution in [0.15, 0.2) is 36.8 Å². The van der Waals surface area contributed by atoms with Gasteiger partial charge in [0.2, 0.25) is 0 Å². The molecule has 2 aromatic rings. The zero-order valence-electron chi connectivity index (χ0n) is 9.31. The first kappa shape index (κ1) is 10.8. The van der Waals surface area contributed by atoms with E-state index in [0.717, 1.165) is 11.3 Å². The van der Waals surface area contributed by atoms with Crippen molar-refractivity contribution in [1.29, 1.82) is 0 Å². The maximum Gasteiger partial charge on any atom is 0.123 e. The highest BCUT2D eigenvalue weighted by Crippen LogP contribution is 2.20. The molecule has 1 heterocycles. The summed E-state index contributed by atoms with van der Waals surface area (Å²) < 4.78 is 15.0. The smallest absolute Gasteiger partial charge is 0.123 e. The second kappa shape index (κ2) is 4.45. The Kier molecular flexibility index (Phi) is 3.01. The first-order valence-electron chi connectivity index (χ1n) is 5.11. The van der Waals surface area contributed by atoms with Crippen LogP contribution in [0.5, 0.6) is 0 Å². The van der Waals surface area contributed by atoms with Crippen LogP contribution in [-0.2, 0) is 7.05 Å². The maximum atomic E-state index is 13.1. The number of hydrogen-bond donors (Lipinski definition) is 1. The van der Waals surface area contributed by atoms with Crippen molar-refractivity contribution in [3.05, 3.63) is 53.9 Å². The largest absolute Gasteiger partial charge is 0.340 e. The van der Waals surface area contributed by atoms with E-state index in [1.54, 1.807) is 12.4 Å². The fourth-order valence-electron chi connectivity index (χ4n) is 1.75. The van der Waals surface area contributed by atoms with Gasteiger partial charge in [0, 0.05) is 13.2 Å². The third kappa shape index (κ3) is 2.12. The SMILES string of the molecule is CNC(c1cccc(F)c1)c1cn(C)cn1. The minimum atomic E-state index is -0.228. The number of aromatic nitrogens is 2. The molecule has 1 aromatic heterocycles. The van der Waals surface area contributed by atoms with Gasteiger partial charge < -0.3 is 9.88 Å². The van der Waals surface area contributed by atoms with E-state index in [9.17, 15) is 4.39 Å². The molecular formula is C12H14FN3. The van der Waals surface area contributed by atoms with E-state index in [-0.39, 0.29) is 11.9 Å². The number of rotatable bonds is 3. The molecule has 0 aliphatic heterocycles. The summed E-state index contributed by atoms with van der Waals surface area (Å²) in [6, 6.07) is 6.48. The van der Waals surface area contributed by atoms with Gasteiger partial charge in [0.05, 0.1) is 18.1 Å². The number of nitrogens with one attached hydrogen (secondary N) is 1. The molecule has 4 heteroatoms. The molecular weight excluding hydrogens is 205 g/mol. The second-order valence-corrected chi connectivity index (χ2v) is 3.74. The van der Waals surface area contributed by atoms with E-state index < -0.39 is 0 Å². The molecule has 0 saturated carbocycles. The van der Waals surface area contributed by atoms with Crippen molar-refractivity contribution in [2.24, 2.45) is 7.05 Å². The van der Waals surface area contributed by atoms with E-state index in [0.29, 0.717) is 0 Å². The van der Waals surface area contributed by atoms with Gasteiger partial charge in [0.1, 0.15) is 5.82 Å². The molecule has 0 aliphatic rings. The lowest BCUT2D eigenvalue weighted by Crippen LogP contribution is -2.18. The summed E-state index contributed by atoms with van der Waals surface area (Å²) in [7, 11) is 3.75. The summed E-state index contributed by atoms with van der Waals surface area (Å²) in [4.78, 5) is 4.27. The van der Waals surface area contributed by atoms with Gasteiger partial charge in [-0.1, -0.05) is 12.1 Å². The number of imidazole rings is 1. The summed E-state index contributed by atoms with van der Waals surface area (Å²) >= 11 is 0. The zero-order valence-corrected chi connectivity index (χ0v) is 9.31. The lowest BCUT2D eigenvalue weighted by atomic mass is 10.0. The molecule has 0 radical (unpaired) electrons. The molecule has 1 unspecified atom stereocenters. The van der Waals surface area contributed by atoms with Crippen LogP contribution in [0.25, 0.3) is 0 Å². The molecule has 0 amide bonds. The summed E-state index contributed by atoms with van der Waals surface area (Å²) in [5.74, 6) is -0.228. The van der Waals surface area contributed by atoms with Crippen molar-refractivity contribution in [2.45, 2.75) is 6.04 Å². The normalized spacial score (nSPS) is 12.7. The van der Waals surface area contributed by atoms with Crippen LogP contribution in [0, 0.1) is 5.82 Å². The van der Waals surface area contributed by atoms with Crippen molar-refractivity contribution in [1.82, 2.24) is 14.9 Å². The molecule has 0 bridgehead atoms. The standard InChI is InChI=1S/C12H14FN3/c1-14-12(11-7-16(2)8-15-11)9-4-3-5-10(13)6-9/h3-8,12,14H,1-2H3. The Bertz CT molecular complexity index is 479. The average molecular weight is 219 g/mol. The first-order valence-corrected chi connectivity index (χ1v) is 5.11. The van der Waals surface area contributed by atoms with Crippen molar-refractivity contribution < 1.29 is 4.39 Å². The van der Waals surface area contributed by atoms with Crippen LogP contribution in [0.2, 0.25) is 0 Å². The number of halogens is 1. The van der Waals surface area contributed by atoms with Crippen molar-refractivity contribution in [2.75, 3.05) is 7.05 Å². The van der Waals surface area contributed by atoms with Gasteiger partial charge in [0.25, 0.3) is 0 Å². The van der Waals surface area contributed by atoms with Crippen LogP contribution < -0.4 is 5.32 Å². The molecule has 0 spiro atoms. The first-order chi connectivity index (χ1) is 7.70. The maximum absolute atomic E-state index is 13.1. The predicted octanol–water partition coefficient (Wildman–Crippen LogP) is 1.87. The molecule has 1 atom stereocenters. The van der Waals surface area contributed by atoms with E-state index in [1.165, 1.54) is 12.1 Å².